The Bertz CT molecular complexity index is 609. The predicted molar refractivity (Wildman–Crippen MR) is 81.8 cm³/mol. The summed E-state index contributed by atoms with van der Waals surface area (Å²) in [4.78, 5) is 11.3. The van der Waals surface area contributed by atoms with Crippen molar-refractivity contribution in [1.29, 1.82) is 0 Å². The van der Waals surface area contributed by atoms with Gasteiger partial charge in [0.15, 0.2) is 0 Å². The number of hydrogen-bond acceptors (Lipinski definition) is 4. The molecule has 6 heteroatoms. The minimum atomic E-state index is -3.57. The Kier molecular flexibility index (Phi) is 5.92. The van der Waals surface area contributed by atoms with Gasteiger partial charge in [0.1, 0.15) is 0 Å². The summed E-state index contributed by atoms with van der Waals surface area (Å²) in [6.07, 6.45) is 0.610. The molecule has 0 aliphatic rings. The highest BCUT2D eigenvalue weighted by atomic mass is 32.2. The van der Waals surface area contributed by atoms with E-state index in [4.69, 9.17) is 0 Å². The summed E-state index contributed by atoms with van der Waals surface area (Å²) in [7, 11) is -2.26. The van der Waals surface area contributed by atoms with Gasteiger partial charge in [-0.15, -0.1) is 0 Å². The van der Waals surface area contributed by atoms with Crippen molar-refractivity contribution in [2.45, 2.75) is 45.4 Å². The second-order valence-corrected chi connectivity index (χ2v) is 6.87. The topological polar surface area (TPSA) is 72.5 Å². The van der Waals surface area contributed by atoms with Crippen LogP contribution in [0.4, 0.5) is 0 Å². The minimum absolute atomic E-state index is 0.198. The molecule has 1 rings (SSSR count). The van der Waals surface area contributed by atoms with Crippen LogP contribution >= 0.6 is 0 Å². The van der Waals surface area contributed by atoms with Gasteiger partial charge in [-0.2, -0.15) is 0 Å². The van der Waals surface area contributed by atoms with Gasteiger partial charge in [0.05, 0.1) is 12.0 Å². The fourth-order valence-electron chi connectivity index (χ4n) is 2.20. The lowest BCUT2D eigenvalue weighted by Gasteiger charge is -2.16. The third kappa shape index (κ3) is 4.28. The average molecular weight is 313 g/mol. The molecule has 0 atom stereocenters. The summed E-state index contributed by atoms with van der Waals surface area (Å²) in [6.45, 7) is 7.63. The molecular formula is C15H23NO4S. The number of carbonyl (C=O) groups excluding carboxylic acids is 1. The van der Waals surface area contributed by atoms with Crippen molar-refractivity contribution in [1.82, 2.24) is 4.72 Å². The van der Waals surface area contributed by atoms with Crippen LogP contribution in [0.1, 0.15) is 35.1 Å². The van der Waals surface area contributed by atoms with Crippen molar-refractivity contribution in [2.75, 3.05) is 13.7 Å². The smallest absolute Gasteiger partial charge is 0.305 e. The molecule has 1 N–H and O–H groups in total. The Hall–Kier alpha value is -1.40. The van der Waals surface area contributed by atoms with Gasteiger partial charge in [0.25, 0.3) is 0 Å². The van der Waals surface area contributed by atoms with Gasteiger partial charge in [-0.3, -0.25) is 4.79 Å². The van der Waals surface area contributed by atoms with E-state index in [9.17, 15) is 13.2 Å². The van der Waals surface area contributed by atoms with E-state index in [0.29, 0.717) is 11.3 Å². The zero-order valence-electron chi connectivity index (χ0n) is 13.2. The summed E-state index contributed by atoms with van der Waals surface area (Å²) in [5.41, 5.74) is 3.43. The molecular weight excluding hydrogens is 290 g/mol. The molecule has 0 heterocycles. The number of rotatable bonds is 6. The molecule has 0 aliphatic carbocycles. The van der Waals surface area contributed by atoms with E-state index in [0.717, 1.165) is 22.3 Å². The maximum atomic E-state index is 12.5. The van der Waals surface area contributed by atoms with Crippen LogP contribution < -0.4 is 4.72 Å². The lowest BCUT2D eigenvalue weighted by molar-refractivity contribution is -0.140. The Morgan fingerprint density at radius 2 is 1.67 bits per heavy atom. The maximum Gasteiger partial charge on any atom is 0.305 e. The van der Waals surface area contributed by atoms with Crippen LogP contribution in [0.5, 0.6) is 0 Å². The zero-order valence-corrected chi connectivity index (χ0v) is 14.1. The molecule has 0 radical (unpaired) electrons. The highest BCUT2D eigenvalue weighted by Crippen LogP contribution is 2.25. The summed E-state index contributed by atoms with van der Waals surface area (Å²) in [6, 6.07) is 1.99. The van der Waals surface area contributed by atoms with Crippen LogP contribution in [0.3, 0.4) is 0 Å². The second-order valence-electron chi connectivity index (χ2n) is 5.17. The van der Waals surface area contributed by atoms with E-state index in [-0.39, 0.29) is 18.9 Å². The van der Waals surface area contributed by atoms with Gasteiger partial charge < -0.3 is 4.74 Å². The fraction of sp³-hybridized carbons (Fsp3) is 0.533. The van der Waals surface area contributed by atoms with E-state index in [2.05, 4.69) is 9.46 Å². The first-order valence-electron chi connectivity index (χ1n) is 6.84. The van der Waals surface area contributed by atoms with E-state index in [1.54, 1.807) is 0 Å². The van der Waals surface area contributed by atoms with Crippen molar-refractivity contribution >= 4 is 16.0 Å². The van der Waals surface area contributed by atoms with Gasteiger partial charge >= 0.3 is 5.97 Å². The second kappa shape index (κ2) is 7.04. The molecule has 118 valence electrons. The Labute approximate surface area is 126 Å². The van der Waals surface area contributed by atoms with Crippen molar-refractivity contribution in [3.8, 4) is 0 Å². The molecule has 0 saturated carbocycles. The standard InChI is InChI=1S/C15H23NO4S/c1-10-9-11(2)13(4)15(12(10)3)21(18,19)16-8-6-7-14(17)20-5/h9,16H,6-8H2,1-5H3. The zero-order chi connectivity index (χ0) is 16.2. The third-order valence-corrected chi connectivity index (χ3v) is 5.38. The van der Waals surface area contributed by atoms with E-state index in [1.165, 1.54) is 7.11 Å². The van der Waals surface area contributed by atoms with Gasteiger partial charge in [-0.25, -0.2) is 13.1 Å². The normalized spacial score (nSPS) is 11.5. The van der Waals surface area contributed by atoms with Crippen LogP contribution in [-0.2, 0) is 19.6 Å². The number of esters is 1. The molecule has 0 spiro atoms. The molecule has 0 unspecified atom stereocenters. The molecule has 0 fully saturated rings. The highest BCUT2D eigenvalue weighted by molar-refractivity contribution is 7.89. The van der Waals surface area contributed by atoms with Gasteiger partial charge in [0.2, 0.25) is 10.0 Å². The number of carbonyl (C=O) groups is 1. The summed E-state index contributed by atoms with van der Waals surface area (Å²) >= 11 is 0. The summed E-state index contributed by atoms with van der Waals surface area (Å²) < 4.78 is 32.0. The monoisotopic (exact) mass is 313 g/mol. The van der Waals surface area contributed by atoms with Gasteiger partial charge in [-0.05, 0) is 56.4 Å². The Morgan fingerprint density at radius 3 is 2.14 bits per heavy atom. The first kappa shape index (κ1) is 17.7. The molecule has 1 aromatic rings. The number of nitrogens with one attached hydrogen (secondary N) is 1. The molecule has 5 nitrogen and oxygen atoms in total. The number of hydrogen-bond donors (Lipinski definition) is 1. The lowest BCUT2D eigenvalue weighted by Crippen LogP contribution is -2.27. The van der Waals surface area contributed by atoms with E-state index >= 15 is 0 Å². The molecule has 0 saturated heterocycles. The Morgan fingerprint density at radius 1 is 1.14 bits per heavy atom. The molecule has 0 amide bonds. The summed E-state index contributed by atoms with van der Waals surface area (Å²) in [5.74, 6) is -0.340. The highest BCUT2D eigenvalue weighted by Gasteiger charge is 2.21. The first-order valence-corrected chi connectivity index (χ1v) is 8.33. The number of methoxy groups -OCH3 is 1. The van der Waals surface area contributed by atoms with Crippen LogP contribution in [0.25, 0.3) is 0 Å². The van der Waals surface area contributed by atoms with Crippen LogP contribution in [0, 0.1) is 27.7 Å². The van der Waals surface area contributed by atoms with Gasteiger partial charge in [-0.1, -0.05) is 6.07 Å². The summed E-state index contributed by atoms with van der Waals surface area (Å²) in [5, 5.41) is 0. The van der Waals surface area contributed by atoms with Crippen molar-refractivity contribution < 1.29 is 17.9 Å². The molecule has 21 heavy (non-hydrogen) atoms. The molecule has 0 aromatic heterocycles. The average Bonchev–Trinajstić information content (AvgIpc) is 2.41. The fourth-order valence-corrected chi connectivity index (χ4v) is 3.88. The van der Waals surface area contributed by atoms with E-state index in [1.807, 2.05) is 33.8 Å². The predicted octanol–water partition coefficient (Wildman–Crippen LogP) is 2.15. The van der Waals surface area contributed by atoms with Crippen molar-refractivity contribution in [3.05, 3.63) is 28.3 Å². The van der Waals surface area contributed by atoms with Crippen LogP contribution in [0.2, 0.25) is 0 Å². The first-order chi connectivity index (χ1) is 9.70. The number of benzene rings is 1. The third-order valence-electron chi connectivity index (χ3n) is 3.64. The van der Waals surface area contributed by atoms with Crippen molar-refractivity contribution in [3.63, 3.8) is 0 Å². The maximum absolute atomic E-state index is 12.5. The van der Waals surface area contributed by atoms with Gasteiger partial charge in [0, 0.05) is 13.0 Å². The molecule has 1 aromatic carbocycles. The quantitative estimate of drug-likeness (QED) is 0.645. The number of aryl methyl sites for hydroxylation is 2. The lowest BCUT2D eigenvalue weighted by atomic mass is 10.0. The molecule has 0 aliphatic heterocycles. The van der Waals surface area contributed by atoms with Crippen molar-refractivity contribution in [2.24, 2.45) is 0 Å². The molecule has 0 bridgehead atoms. The number of sulfonamides is 1. The van der Waals surface area contributed by atoms with Crippen LogP contribution in [0.15, 0.2) is 11.0 Å². The SMILES string of the molecule is COC(=O)CCCNS(=O)(=O)c1c(C)c(C)cc(C)c1C. The van der Waals surface area contributed by atoms with Crippen LogP contribution in [-0.4, -0.2) is 28.0 Å². The minimum Gasteiger partial charge on any atom is -0.469 e. The number of ether oxygens (including phenoxy) is 1. The van der Waals surface area contributed by atoms with E-state index < -0.39 is 10.0 Å². The Balaban J connectivity index is 2.92. The largest absolute Gasteiger partial charge is 0.469 e.